The van der Waals surface area contributed by atoms with E-state index in [1.165, 1.54) is 11.3 Å². The summed E-state index contributed by atoms with van der Waals surface area (Å²) in [6.07, 6.45) is 5.08. The van der Waals surface area contributed by atoms with Crippen molar-refractivity contribution < 1.29 is 14.3 Å². The second-order valence-corrected chi connectivity index (χ2v) is 6.01. The topological polar surface area (TPSA) is 64.2 Å². The molecule has 0 amide bonds. The highest BCUT2D eigenvalue weighted by Gasteiger charge is 2.27. The number of pyridine rings is 1. The van der Waals surface area contributed by atoms with Crippen LogP contribution in [0.15, 0.2) is 6.20 Å². The van der Waals surface area contributed by atoms with E-state index in [1.54, 1.807) is 6.20 Å². The van der Waals surface area contributed by atoms with Crippen LogP contribution >= 0.6 is 0 Å². The van der Waals surface area contributed by atoms with Crippen LogP contribution in [0.3, 0.4) is 0 Å². The Labute approximate surface area is 136 Å². The molecule has 124 valence electrons. The fourth-order valence-corrected chi connectivity index (χ4v) is 3.58. The maximum atomic E-state index is 12.1. The Hall–Kier alpha value is -1.88. The first-order valence-corrected chi connectivity index (χ1v) is 8.42. The van der Waals surface area contributed by atoms with Gasteiger partial charge in [-0.15, -0.1) is 0 Å². The predicted octanol–water partition coefficient (Wildman–Crippen LogP) is 3.50. The summed E-state index contributed by atoms with van der Waals surface area (Å²) in [6.45, 7) is 7.60. The van der Waals surface area contributed by atoms with Gasteiger partial charge in [0.05, 0.1) is 24.9 Å². The second-order valence-electron chi connectivity index (χ2n) is 6.01. The van der Waals surface area contributed by atoms with Crippen molar-refractivity contribution in [3.8, 4) is 0 Å². The number of hydrogen-bond donors (Lipinski definition) is 1. The molecule has 5 heteroatoms. The number of carbonyl (C=O) groups is 1. The molecule has 23 heavy (non-hydrogen) atoms. The van der Waals surface area contributed by atoms with Crippen LogP contribution in [0, 0.1) is 6.92 Å². The molecule has 1 aliphatic carbocycles. The van der Waals surface area contributed by atoms with Crippen LogP contribution in [0.2, 0.25) is 0 Å². The summed E-state index contributed by atoms with van der Waals surface area (Å²) < 4.78 is 10.8. The molecule has 0 spiro atoms. The number of aromatic nitrogens is 2. The molecular weight excluding hydrogens is 292 g/mol. The van der Waals surface area contributed by atoms with Crippen LogP contribution in [0.4, 0.5) is 0 Å². The first-order chi connectivity index (χ1) is 11.2. The number of nitrogens with zero attached hydrogens (tertiary/aromatic N) is 1. The molecule has 0 bridgehead atoms. The molecule has 2 aromatic heterocycles. The van der Waals surface area contributed by atoms with E-state index in [1.807, 2.05) is 20.8 Å². The Kier molecular flexibility index (Phi) is 4.66. The normalized spacial score (nSPS) is 17.3. The van der Waals surface area contributed by atoms with Crippen molar-refractivity contribution in [1.82, 2.24) is 9.97 Å². The Morgan fingerprint density at radius 2 is 2.22 bits per heavy atom. The molecule has 1 aliphatic rings. The Bertz CT molecular complexity index is 721. The number of fused-ring (bicyclic) bond motifs is 3. The molecule has 0 saturated heterocycles. The van der Waals surface area contributed by atoms with E-state index in [4.69, 9.17) is 9.47 Å². The number of esters is 1. The van der Waals surface area contributed by atoms with Crippen molar-refractivity contribution in [2.45, 2.75) is 46.0 Å². The summed E-state index contributed by atoms with van der Waals surface area (Å²) in [4.78, 5) is 19.9. The summed E-state index contributed by atoms with van der Waals surface area (Å²) in [5, 5.41) is 1.13. The zero-order valence-corrected chi connectivity index (χ0v) is 14.1. The van der Waals surface area contributed by atoms with Gasteiger partial charge in [-0.2, -0.15) is 0 Å². The summed E-state index contributed by atoms with van der Waals surface area (Å²) in [6, 6.07) is 0. The number of ether oxygens (including phenoxy) is 2. The first kappa shape index (κ1) is 16.0. The molecule has 2 aromatic rings. The maximum Gasteiger partial charge on any atom is 0.357 e. The minimum Gasteiger partial charge on any atom is -0.461 e. The van der Waals surface area contributed by atoms with Gasteiger partial charge in [-0.1, -0.05) is 0 Å². The number of carbonyl (C=O) groups excluding carboxylic acids is 1. The van der Waals surface area contributed by atoms with Gasteiger partial charge in [0.2, 0.25) is 0 Å². The lowest BCUT2D eigenvalue weighted by Gasteiger charge is -2.23. The third kappa shape index (κ3) is 2.85. The molecule has 2 heterocycles. The smallest absolute Gasteiger partial charge is 0.357 e. The molecule has 0 aromatic carbocycles. The Balaban J connectivity index is 2.11. The van der Waals surface area contributed by atoms with E-state index in [-0.39, 0.29) is 5.97 Å². The van der Waals surface area contributed by atoms with Gasteiger partial charge in [0.25, 0.3) is 0 Å². The van der Waals surface area contributed by atoms with E-state index in [2.05, 4.69) is 9.97 Å². The minimum atomic E-state index is -0.348. The molecule has 0 fully saturated rings. The van der Waals surface area contributed by atoms with Crippen molar-refractivity contribution >= 4 is 16.9 Å². The number of rotatable bonds is 5. The number of aryl methyl sites for hydroxylation is 2. The van der Waals surface area contributed by atoms with Crippen LogP contribution in [-0.4, -0.2) is 35.8 Å². The van der Waals surface area contributed by atoms with Gasteiger partial charge in [0.1, 0.15) is 0 Å². The fourth-order valence-electron chi connectivity index (χ4n) is 3.58. The molecule has 1 N–H and O–H groups in total. The lowest BCUT2D eigenvalue weighted by atomic mass is 9.84. The van der Waals surface area contributed by atoms with Crippen LogP contribution in [0.25, 0.3) is 10.9 Å². The minimum absolute atomic E-state index is 0.348. The zero-order chi connectivity index (χ0) is 16.4. The van der Waals surface area contributed by atoms with E-state index in [0.717, 1.165) is 48.9 Å². The fraction of sp³-hybridized carbons (Fsp3) is 0.556. The molecule has 0 saturated carbocycles. The van der Waals surface area contributed by atoms with Crippen LogP contribution in [0.5, 0.6) is 0 Å². The lowest BCUT2D eigenvalue weighted by molar-refractivity contribution is 0.0519. The Morgan fingerprint density at radius 1 is 1.39 bits per heavy atom. The highest BCUT2D eigenvalue weighted by molar-refractivity contribution is 5.97. The molecular formula is C18H24N2O3. The van der Waals surface area contributed by atoms with E-state index < -0.39 is 0 Å². The lowest BCUT2D eigenvalue weighted by Crippen LogP contribution is -2.15. The van der Waals surface area contributed by atoms with E-state index in [0.29, 0.717) is 18.2 Å². The van der Waals surface area contributed by atoms with Gasteiger partial charge in [0.15, 0.2) is 5.69 Å². The quantitative estimate of drug-likeness (QED) is 0.857. The van der Waals surface area contributed by atoms with Gasteiger partial charge in [-0.3, -0.25) is 0 Å². The van der Waals surface area contributed by atoms with Crippen molar-refractivity contribution in [3.63, 3.8) is 0 Å². The van der Waals surface area contributed by atoms with Gasteiger partial charge in [-0.05, 0) is 51.2 Å². The van der Waals surface area contributed by atoms with Gasteiger partial charge < -0.3 is 14.5 Å². The molecule has 3 rings (SSSR count). The summed E-state index contributed by atoms with van der Waals surface area (Å²) in [7, 11) is 0. The first-order valence-electron chi connectivity index (χ1n) is 8.42. The predicted molar refractivity (Wildman–Crippen MR) is 89.0 cm³/mol. The third-order valence-corrected chi connectivity index (χ3v) is 4.58. The molecule has 1 unspecified atom stereocenters. The molecule has 0 radical (unpaired) electrons. The average molecular weight is 316 g/mol. The number of nitrogens with one attached hydrogen (secondary N) is 1. The van der Waals surface area contributed by atoms with E-state index in [9.17, 15) is 4.79 Å². The largest absolute Gasteiger partial charge is 0.461 e. The monoisotopic (exact) mass is 316 g/mol. The van der Waals surface area contributed by atoms with Crippen molar-refractivity contribution in [3.05, 3.63) is 28.7 Å². The van der Waals surface area contributed by atoms with Crippen molar-refractivity contribution in [1.29, 1.82) is 0 Å². The SMILES string of the molecule is CCOCC1CCCc2[nH]c3cnc(C(=O)OCC)c(C)c3c21. The van der Waals surface area contributed by atoms with Gasteiger partial charge in [0, 0.05) is 23.6 Å². The molecule has 1 atom stereocenters. The second kappa shape index (κ2) is 6.71. The van der Waals surface area contributed by atoms with Crippen molar-refractivity contribution in [2.75, 3.05) is 19.8 Å². The summed E-state index contributed by atoms with van der Waals surface area (Å²) in [5.74, 6) is 0.0302. The highest BCUT2D eigenvalue weighted by Crippen LogP contribution is 2.39. The van der Waals surface area contributed by atoms with Crippen molar-refractivity contribution in [2.24, 2.45) is 0 Å². The average Bonchev–Trinajstić information content (AvgIpc) is 2.93. The van der Waals surface area contributed by atoms with Crippen LogP contribution in [-0.2, 0) is 15.9 Å². The van der Waals surface area contributed by atoms with Gasteiger partial charge in [-0.25, -0.2) is 9.78 Å². The van der Waals surface area contributed by atoms with Gasteiger partial charge >= 0.3 is 5.97 Å². The molecule has 0 aliphatic heterocycles. The highest BCUT2D eigenvalue weighted by atomic mass is 16.5. The third-order valence-electron chi connectivity index (χ3n) is 4.58. The van der Waals surface area contributed by atoms with E-state index >= 15 is 0 Å². The molecule has 5 nitrogen and oxygen atoms in total. The standard InChI is InChI=1S/C18H24N2O3/c1-4-22-10-12-7-6-8-13-16(12)15-11(3)17(18(21)23-5-2)19-9-14(15)20-13/h9,12,20H,4-8,10H2,1-3H3. The number of H-pyrrole nitrogens is 1. The van der Waals surface area contributed by atoms with Crippen LogP contribution < -0.4 is 0 Å². The maximum absolute atomic E-state index is 12.1. The van der Waals surface area contributed by atoms with Crippen LogP contribution in [0.1, 0.15) is 59.9 Å². The Morgan fingerprint density at radius 3 is 2.96 bits per heavy atom. The summed E-state index contributed by atoms with van der Waals surface area (Å²) in [5.41, 5.74) is 4.90. The number of hydrogen-bond acceptors (Lipinski definition) is 4. The zero-order valence-electron chi connectivity index (χ0n) is 14.1. The summed E-state index contributed by atoms with van der Waals surface area (Å²) >= 11 is 0. The number of aromatic amines is 1.